The fourth-order valence-electron chi connectivity index (χ4n) is 4.31. The van der Waals surface area contributed by atoms with Crippen LogP contribution in [0.5, 0.6) is 5.75 Å². The summed E-state index contributed by atoms with van der Waals surface area (Å²) in [7, 11) is 4.98. The van der Waals surface area contributed by atoms with E-state index in [-0.39, 0.29) is 23.3 Å². The molecule has 1 rings (SSSR count). The number of aliphatic carboxylic acids is 2. The van der Waals surface area contributed by atoms with Crippen molar-refractivity contribution in [3.05, 3.63) is 41.5 Å². The van der Waals surface area contributed by atoms with Crippen LogP contribution in [0.3, 0.4) is 0 Å². The Bertz CT molecular complexity index is 1140. The zero-order valence-electron chi connectivity index (χ0n) is 26.7. The van der Waals surface area contributed by atoms with Crippen molar-refractivity contribution < 1.29 is 47.3 Å². The molecule has 0 unspecified atom stereocenters. The predicted molar refractivity (Wildman–Crippen MR) is 157 cm³/mol. The van der Waals surface area contributed by atoms with E-state index in [2.05, 4.69) is 10.6 Å². The number of benzene rings is 1. The molecule has 0 saturated heterocycles. The second-order valence-electron chi connectivity index (χ2n) is 12.1. The van der Waals surface area contributed by atoms with E-state index in [9.17, 15) is 32.7 Å². The fraction of sp³-hybridized carbons (Fsp3) is 0.600. The average Bonchev–Trinajstić information content (AvgIpc) is 2.88. The Morgan fingerprint density at radius 1 is 0.953 bits per heavy atom. The molecule has 4 N–H and O–H groups in total. The third-order valence-electron chi connectivity index (χ3n) is 6.98. The van der Waals surface area contributed by atoms with Gasteiger partial charge >= 0.3 is 18.1 Å². The highest BCUT2D eigenvalue weighted by Crippen LogP contribution is 2.30. The molecule has 0 aliphatic carbocycles. The molecule has 3 atom stereocenters. The Morgan fingerprint density at radius 3 is 1.74 bits per heavy atom. The topological polar surface area (TPSA) is 145 Å². The van der Waals surface area contributed by atoms with Crippen LogP contribution in [0.25, 0.3) is 0 Å². The number of carboxylic acid groups (broad SMARTS) is 2. The molecule has 0 radical (unpaired) electrons. The average molecular weight is 618 g/mol. The van der Waals surface area contributed by atoms with E-state index >= 15 is 0 Å². The lowest BCUT2D eigenvalue weighted by Crippen LogP contribution is -2.61. The predicted octanol–water partition coefficient (Wildman–Crippen LogP) is 4.24. The van der Waals surface area contributed by atoms with Crippen molar-refractivity contribution in [2.75, 3.05) is 21.2 Å². The number of carboxylic acids is 2. The monoisotopic (exact) mass is 617 g/mol. The molecule has 0 saturated carbocycles. The Kier molecular flexibility index (Phi) is 14.4. The van der Waals surface area contributed by atoms with Crippen molar-refractivity contribution in [3.8, 4) is 5.75 Å². The van der Waals surface area contributed by atoms with Crippen molar-refractivity contribution in [1.29, 1.82) is 0 Å². The molecule has 0 aromatic heterocycles. The largest absolute Gasteiger partial charge is 0.497 e. The SMILES string of the molecule is CN[C@H](C(=O)N[C@H](C(=O)N(C)[C@H](/C=C(\C)C(=O)O)C(C)C)C(C)(C)C)C(C)(C)c1ccc(OC)cc1.O=C(O)C(F)(F)F. The molecular formula is C30H46F3N3O7. The van der Waals surface area contributed by atoms with Gasteiger partial charge in [0.2, 0.25) is 11.8 Å². The van der Waals surface area contributed by atoms with Crippen LogP contribution in [0, 0.1) is 11.3 Å². The molecule has 0 aliphatic heterocycles. The number of alkyl halides is 3. The van der Waals surface area contributed by atoms with Crippen LogP contribution in [0.15, 0.2) is 35.9 Å². The van der Waals surface area contributed by atoms with Gasteiger partial charge in [-0.3, -0.25) is 9.59 Å². The Hall–Kier alpha value is -3.61. The van der Waals surface area contributed by atoms with Crippen LogP contribution < -0.4 is 15.4 Å². The minimum absolute atomic E-state index is 0.0244. The van der Waals surface area contributed by atoms with Crippen molar-refractivity contribution in [1.82, 2.24) is 15.5 Å². The standard InChI is InChI=1S/C28H45N3O5.C2HF3O2/c1-17(2)21(16-18(3)26(34)35)31(10)25(33)23(27(4,5)6)30-24(32)22(29-9)28(7,8)19-12-14-20(36-11)15-13-19;3-2(4,5)1(6)7/h12-17,21-23,29H,1-11H3,(H,30,32)(H,34,35);(H,6,7)/b18-16+;/t21-,22-,23-;/m1./s1. The summed E-state index contributed by atoms with van der Waals surface area (Å²) in [5.41, 5.74) is -0.0649. The van der Waals surface area contributed by atoms with E-state index in [0.717, 1.165) is 11.3 Å². The lowest BCUT2D eigenvalue weighted by Gasteiger charge is -2.40. The summed E-state index contributed by atoms with van der Waals surface area (Å²) < 4.78 is 37.0. The van der Waals surface area contributed by atoms with E-state index in [4.69, 9.17) is 14.6 Å². The van der Waals surface area contributed by atoms with Gasteiger partial charge in [-0.1, -0.05) is 66.7 Å². The summed E-state index contributed by atoms with van der Waals surface area (Å²) >= 11 is 0. The van der Waals surface area contributed by atoms with Crippen LogP contribution in [0.2, 0.25) is 0 Å². The first kappa shape index (κ1) is 39.4. The summed E-state index contributed by atoms with van der Waals surface area (Å²) in [5, 5.41) is 22.6. The van der Waals surface area contributed by atoms with Gasteiger partial charge in [-0.15, -0.1) is 0 Å². The van der Waals surface area contributed by atoms with Gasteiger partial charge in [-0.2, -0.15) is 13.2 Å². The minimum atomic E-state index is -5.08. The third kappa shape index (κ3) is 11.5. The van der Waals surface area contributed by atoms with Gasteiger partial charge in [0, 0.05) is 18.0 Å². The van der Waals surface area contributed by atoms with Gasteiger partial charge < -0.3 is 30.5 Å². The highest BCUT2D eigenvalue weighted by atomic mass is 19.4. The maximum absolute atomic E-state index is 13.7. The quantitative estimate of drug-likeness (QED) is 0.270. The molecule has 13 heteroatoms. The van der Waals surface area contributed by atoms with Crippen molar-refractivity contribution in [2.45, 2.75) is 85.1 Å². The molecule has 2 amide bonds. The van der Waals surface area contributed by atoms with Gasteiger partial charge in [0.25, 0.3) is 0 Å². The Labute approximate surface area is 251 Å². The number of hydrogen-bond donors (Lipinski definition) is 4. The number of nitrogens with one attached hydrogen (secondary N) is 2. The Morgan fingerprint density at radius 2 is 1.42 bits per heavy atom. The summed E-state index contributed by atoms with van der Waals surface area (Å²) in [4.78, 5) is 49.2. The lowest BCUT2D eigenvalue weighted by molar-refractivity contribution is -0.192. The van der Waals surface area contributed by atoms with E-state index in [1.54, 1.807) is 27.3 Å². The smallest absolute Gasteiger partial charge is 0.490 e. The first-order valence-corrected chi connectivity index (χ1v) is 13.5. The molecule has 0 bridgehead atoms. The van der Waals surface area contributed by atoms with E-state index in [1.165, 1.54) is 11.8 Å². The number of methoxy groups -OCH3 is 1. The van der Waals surface area contributed by atoms with E-state index in [1.807, 2.05) is 72.7 Å². The van der Waals surface area contributed by atoms with E-state index < -0.39 is 47.1 Å². The number of rotatable bonds is 11. The van der Waals surface area contributed by atoms with Crippen molar-refractivity contribution in [3.63, 3.8) is 0 Å². The second kappa shape index (κ2) is 15.7. The van der Waals surface area contributed by atoms with Crippen LogP contribution >= 0.6 is 0 Å². The molecular weight excluding hydrogens is 571 g/mol. The zero-order chi connectivity index (χ0) is 34.1. The molecule has 43 heavy (non-hydrogen) atoms. The van der Waals surface area contributed by atoms with Gasteiger partial charge in [-0.05, 0) is 43.0 Å². The van der Waals surface area contributed by atoms with Gasteiger partial charge in [0.05, 0.1) is 19.2 Å². The number of amides is 2. The number of ether oxygens (including phenoxy) is 1. The van der Waals surface area contributed by atoms with Crippen molar-refractivity contribution in [2.24, 2.45) is 11.3 Å². The normalized spacial score (nSPS) is 14.5. The van der Waals surface area contributed by atoms with Crippen LogP contribution in [-0.2, 0) is 24.6 Å². The number of carbonyl (C=O) groups is 4. The highest BCUT2D eigenvalue weighted by Gasteiger charge is 2.42. The third-order valence-corrected chi connectivity index (χ3v) is 6.98. The lowest BCUT2D eigenvalue weighted by atomic mass is 9.76. The number of nitrogens with zero attached hydrogens (tertiary/aromatic N) is 1. The first-order valence-electron chi connectivity index (χ1n) is 13.5. The number of carbonyl (C=O) groups excluding carboxylic acids is 2. The maximum atomic E-state index is 13.7. The molecule has 1 aromatic rings. The molecule has 0 spiro atoms. The minimum Gasteiger partial charge on any atom is -0.497 e. The number of likely N-dealkylation sites (N-methyl/N-ethyl adjacent to an activating group) is 2. The summed E-state index contributed by atoms with van der Waals surface area (Å²) in [6, 6.07) is 5.70. The van der Waals surface area contributed by atoms with Gasteiger partial charge in [0.15, 0.2) is 0 Å². The zero-order valence-corrected chi connectivity index (χ0v) is 26.7. The van der Waals surface area contributed by atoms with Gasteiger partial charge in [-0.25, -0.2) is 9.59 Å². The van der Waals surface area contributed by atoms with Crippen LogP contribution in [-0.4, -0.2) is 84.4 Å². The summed E-state index contributed by atoms with van der Waals surface area (Å²) in [5.74, 6) is -3.65. The molecule has 0 heterocycles. The van der Waals surface area contributed by atoms with Crippen LogP contribution in [0.1, 0.15) is 61.0 Å². The highest BCUT2D eigenvalue weighted by molar-refractivity contribution is 5.91. The maximum Gasteiger partial charge on any atom is 0.490 e. The molecule has 0 fully saturated rings. The summed E-state index contributed by atoms with van der Waals surface area (Å²) in [6.45, 7) is 15.0. The van der Waals surface area contributed by atoms with Crippen LogP contribution in [0.4, 0.5) is 13.2 Å². The number of halogens is 3. The second-order valence-corrected chi connectivity index (χ2v) is 12.1. The van der Waals surface area contributed by atoms with Gasteiger partial charge in [0.1, 0.15) is 11.8 Å². The van der Waals surface area contributed by atoms with Crippen molar-refractivity contribution >= 4 is 23.8 Å². The molecule has 244 valence electrons. The Balaban J connectivity index is 0.00000223. The molecule has 0 aliphatic rings. The molecule has 10 nitrogen and oxygen atoms in total. The number of hydrogen-bond acceptors (Lipinski definition) is 6. The first-order chi connectivity index (χ1) is 19.4. The van der Waals surface area contributed by atoms with E-state index in [0.29, 0.717) is 0 Å². The fourth-order valence-corrected chi connectivity index (χ4v) is 4.31. The molecule has 1 aromatic carbocycles. The summed E-state index contributed by atoms with van der Waals surface area (Å²) in [6.07, 6.45) is -3.49.